The molecule has 56 valence electrons. The van der Waals surface area contributed by atoms with Gasteiger partial charge in [0.15, 0.2) is 0 Å². The number of nitrogens with one attached hydrogen (secondary N) is 2. The fourth-order valence-electron chi connectivity index (χ4n) is 0.391. The van der Waals surface area contributed by atoms with Crippen molar-refractivity contribution in [2.75, 3.05) is 13.2 Å². The van der Waals surface area contributed by atoms with Crippen LogP contribution < -0.4 is 11.0 Å². The van der Waals surface area contributed by atoms with Gasteiger partial charge in [0.1, 0.15) is 0 Å². The van der Waals surface area contributed by atoms with Crippen molar-refractivity contribution in [3.8, 4) is 0 Å². The Morgan fingerprint density at radius 3 is 2.67 bits per heavy atom. The third kappa shape index (κ3) is 7.88. The van der Waals surface area contributed by atoms with E-state index in [0.29, 0.717) is 0 Å². The first-order valence-electron chi connectivity index (χ1n) is 3.51. The standard InChI is InChI=1S/C6H16N2O/c1-3-5-6-9-8-7-4-2/h7-8H,3-6H2,1-2H3. The van der Waals surface area contributed by atoms with Gasteiger partial charge in [-0.1, -0.05) is 20.3 Å². The van der Waals surface area contributed by atoms with E-state index in [2.05, 4.69) is 17.9 Å². The zero-order valence-corrected chi connectivity index (χ0v) is 6.24. The lowest BCUT2D eigenvalue weighted by atomic mass is 10.4. The third-order valence-corrected chi connectivity index (χ3v) is 0.921. The van der Waals surface area contributed by atoms with Crippen molar-refractivity contribution in [1.29, 1.82) is 0 Å². The predicted octanol–water partition coefficient (Wildman–Crippen LogP) is 0.832. The molecule has 9 heavy (non-hydrogen) atoms. The third-order valence-electron chi connectivity index (χ3n) is 0.921. The quantitative estimate of drug-likeness (QED) is 0.415. The number of hydrogen-bond donors (Lipinski definition) is 2. The minimum atomic E-state index is 0.781. The highest BCUT2D eigenvalue weighted by Crippen LogP contribution is 1.83. The topological polar surface area (TPSA) is 33.3 Å². The van der Waals surface area contributed by atoms with Crippen LogP contribution in [-0.2, 0) is 4.84 Å². The second-order valence-corrected chi connectivity index (χ2v) is 1.83. The van der Waals surface area contributed by atoms with Gasteiger partial charge in [-0.3, -0.25) is 4.84 Å². The lowest BCUT2D eigenvalue weighted by Crippen LogP contribution is -2.31. The first-order chi connectivity index (χ1) is 4.41. The number of hydrazine groups is 1. The summed E-state index contributed by atoms with van der Waals surface area (Å²) >= 11 is 0. The normalized spacial score (nSPS) is 10.0. The van der Waals surface area contributed by atoms with Crippen molar-refractivity contribution in [2.24, 2.45) is 0 Å². The number of unbranched alkanes of at least 4 members (excludes halogenated alkanes) is 1. The second kappa shape index (κ2) is 7.88. The van der Waals surface area contributed by atoms with Crippen LogP contribution in [-0.4, -0.2) is 13.2 Å². The van der Waals surface area contributed by atoms with E-state index in [1.807, 2.05) is 6.92 Å². The van der Waals surface area contributed by atoms with Crippen LogP contribution in [0.2, 0.25) is 0 Å². The molecule has 0 radical (unpaired) electrons. The van der Waals surface area contributed by atoms with E-state index in [4.69, 9.17) is 4.84 Å². The molecule has 0 aromatic heterocycles. The average Bonchev–Trinajstić information content (AvgIpc) is 1.89. The molecule has 0 aliphatic heterocycles. The van der Waals surface area contributed by atoms with Crippen LogP contribution in [0.4, 0.5) is 0 Å². The Labute approximate surface area is 56.7 Å². The van der Waals surface area contributed by atoms with Gasteiger partial charge >= 0.3 is 0 Å². The van der Waals surface area contributed by atoms with E-state index in [0.717, 1.165) is 19.6 Å². The first-order valence-corrected chi connectivity index (χ1v) is 3.51. The summed E-state index contributed by atoms with van der Waals surface area (Å²) in [5.74, 6) is 0. The minimum Gasteiger partial charge on any atom is -0.287 e. The average molecular weight is 132 g/mol. The zero-order valence-electron chi connectivity index (χ0n) is 6.24. The van der Waals surface area contributed by atoms with Crippen LogP contribution in [0.25, 0.3) is 0 Å². The summed E-state index contributed by atoms with van der Waals surface area (Å²) < 4.78 is 0. The molecule has 2 N–H and O–H groups in total. The summed E-state index contributed by atoms with van der Waals surface area (Å²) in [6, 6.07) is 0. The van der Waals surface area contributed by atoms with Gasteiger partial charge in [0, 0.05) is 6.54 Å². The van der Waals surface area contributed by atoms with E-state index in [-0.39, 0.29) is 0 Å². The second-order valence-electron chi connectivity index (χ2n) is 1.83. The van der Waals surface area contributed by atoms with Gasteiger partial charge in [-0.15, -0.1) is 5.59 Å². The molecule has 0 aliphatic carbocycles. The van der Waals surface area contributed by atoms with E-state index >= 15 is 0 Å². The van der Waals surface area contributed by atoms with Gasteiger partial charge in [0.2, 0.25) is 0 Å². The first kappa shape index (κ1) is 8.88. The van der Waals surface area contributed by atoms with Crippen molar-refractivity contribution in [2.45, 2.75) is 26.7 Å². The van der Waals surface area contributed by atoms with E-state index < -0.39 is 0 Å². The van der Waals surface area contributed by atoms with Crippen molar-refractivity contribution in [3.63, 3.8) is 0 Å². The van der Waals surface area contributed by atoms with Crippen molar-refractivity contribution in [1.82, 2.24) is 11.0 Å². The van der Waals surface area contributed by atoms with E-state index in [1.54, 1.807) is 0 Å². The summed E-state index contributed by atoms with van der Waals surface area (Å²) in [6.07, 6.45) is 2.28. The molecular formula is C6H16N2O. The zero-order chi connectivity index (χ0) is 6.95. The summed E-state index contributed by atoms with van der Waals surface area (Å²) in [6.45, 7) is 5.81. The molecule has 0 aliphatic rings. The van der Waals surface area contributed by atoms with E-state index in [9.17, 15) is 0 Å². The Hall–Kier alpha value is -0.120. The summed E-state index contributed by atoms with van der Waals surface area (Å²) in [7, 11) is 0. The van der Waals surface area contributed by atoms with Crippen molar-refractivity contribution < 1.29 is 4.84 Å². The van der Waals surface area contributed by atoms with Crippen molar-refractivity contribution >= 4 is 0 Å². The highest BCUT2D eigenvalue weighted by atomic mass is 16.7. The molecule has 0 unspecified atom stereocenters. The molecule has 0 amide bonds. The fourth-order valence-corrected chi connectivity index (χ4v) is 0.391. The van der Waals surface area contributed by atoms with Crippen LogP contribution >= 0.6 is 0 Å². The molecule has 0 saturated carbocycles. The molecule has 0 spiro atoms. The Morgan fingerprint density at radius 2 is 2.11 bits per heavy atom. The Morgan fingerprint density at radius 1 is 1.33 bits per heavy atom. The highest BCUT2D eigenvalue weighted by molar-refractivity contribution is 4.27. The molecule has 0 bridgehead atoms. The van der Waals surface area contributed by atoms with Crippen molar-refractivity contribution in [3.05, 3.63) is 0 Å². The minimum absolute atomic E-state index is 0.781. The lowest BCUT2D eigenvalue weighted by molar-refractivity contribution is 0.0106. The predicted molar refractivity (Wildman–Crippen MR) is 37.7 cm³/mol. The molecule has 0 heterocycles. The van der Waals surface area contributed by atoms with Gasteiger partial charge < -0.3 is 0 Å². The maximum Gasteiger partial charge on any atom is 0.0698 e. The molecule has 0 aromatic carbocycles. The summed E-state index contributed by atoms with van der Waals surface area (Å²) in [5.41, 5.74) is 5.45. The lowest BCUT2D eigenvalue weighted by Gasteiger charge is -2.03. The van der Waals surface area contributed by atoms with Gasteiger partial charge in [-0.2, -0.15) is 0 Å². The molecule has 0 fully saturated rings. The maximum atomic E-state index is 4.95. The molecular weight excluding hydrogens is 116 g/mol. The molecule has 0 rings (SSSR count). The van der Waals surface area contributed by atoms with Gasteiger partial charge in [0.05, 0.1) is 6.61 Å². The molecule has 0 aromatic rings. The smallest absolute Gasteiger partial charge is 0.0698 e. The number of hydrogen-bond acceptors (Lipinski definition) is 3. The molecule has 3 nitrogen and oxygen atoms in total. The molecule has 3 heteroatoms. The van der Waals surface area contributed by atoms with Crippen LogP contribution in [0.1, 0.15) is 26.7 Å². The summed E-state index contributed by atoms with van der Waals surface area (Å²) in [5, 5.41) is 0. The number of rotatable bonds is 6. The van der Waals surface area contributed by atoms with Gasteiger partial charge in [0.25, 0.3) is 0 Å². The van der Waals surface area contributed by atoms with Crippen LogP contribution in [0.3, 0.4) is 0 Å². The van der Waals surface area contributed by atoms with Crippen LogP contribution in [0.15, 0.2) is 0 Å². The SMILES string of the molecule is CCCCONNCC. The Kier molecular flexibility index (Phi) is 7.77. The van der Waals surface area contributed by atoms with Gasteiger partial charge in [-0.25, -0.2) is 5.43 Å². The molecule has 0 saturated heterocycles. The Bertz CT molecular complexity index is 44.3. The van der Waals surface area contributed by atoms with Crippen LogP contribution in [0, 0.1) is 0 Å². The molecule has 0 atom stereocenters. The largest absolute Gasteiger partial charge is 0.287 e. The van der Waals surface area contributed by atoms with E-state index in [1.165, 1.54) is 6.42 Å². The monoisotopic (exact) mass is 132 g/mol. The van der Waals surface area contributed by atoms with Crippen LogP contribution in [0.5, 0.6) is 0 Å². The fraction of sp³-hybridized carbons (Fsp3) is 1.00. The maximum absolute atomic E-state index is 4.95. The Balaban J connectivity index is 2.60. The van der Waals surface area contributed by atoms with Gasteiger partial charge in [-0.05, 0) is 6.42 Å². The highest BCUT2D eigenvalue weighted by Gasteiger charge is 1.81. The summed E-state index contributed by atoms with van der Waals surface area (Å²) in [4.78, 5) is 4.95.